The van der Waals surface area contributed by atoms with Crippen molar-refractivity contribution in [1.82, 2.24) is 15.6 Å². The average Bonchev–Trinajstić information content (AvgIpc) is 2.58. The molecule has 6 heteroatoms. The van der Waals surface area contributed by atoms with Crippen LogP contribution in [0.2, 0.25) is 0 Å². The highest BCUT2D eigenvalue weighted by Crippen LogP contribution is 2.20. The van der Waals surface area contributed by atoms with E-state index in [0.717, 1.165) is 0 Å². The van der Waals surface area contributed by atoms with E-state index in [9.17, 15) is 9.18 Å². The first-order chi connectivity index (χ1) is 11.6. The molecule has 0 bridgehead atoms. The monoisotopic (exact) mass is 331 g/mol. The van der Waals surface area contributed by atoms with Gasteiger partial charge in [0, 0.05) is 18.8 Å². The number of carbonyl (C=O) groups excluding carboxylic acids is 1. The minimum Gasteiger partial charge on any atom is -0.396 e. The van der Waals surface area contributed by atoms with E-state index in [1.165, 1.54) is 12.1 Å². The van der Waals surface area contributed by atoms with E-state index >= 15 is 0 Å². The topological polar surface area (TPSA) is 74.2 Å². The van der Waals surface area contributed by atoms with Gasteiger partial charge in [0.2, 0.25) is 0 Å². The summed E-state index contributed by atoms with van der Waals surface area (Å²) in [5.41, 5.74) is 1.24. The molecule has 1 aromatic heterocycles. The van der Waals surface area contributed by atoms with Gasteiger partial charge in [-0.25, -0.2) is 9.18 Å². The van der Waals surface area contributed by atoms with Gasteiger partial charge in [0.15, 0.2) is 0 Å². The van der Waals surface area contributed by atoms with E-state index in [1.807, 2.05) is 13.0 Å². The van der Waals surface area contributed by atoms with Gasteiger partial charge in [-0.1, -0.05) is 18.2 Å². The molecule has 1 aromatic carbocycles. The van der Waals surface area contributed by atoms with Crippen LogP contribution in [0.1, 0.15) is 37.1 Å². The number of hydrogen-bond acceptors (Lipinski definition) is 3. The maximum Gasteiger partial charge on any atom is 0.315 e. The summed E-state index contributed by atoms with van der Waals surface area (Å²) in [7, 11) is 0. The number of urea groups is 1. The number of aliphatic hydroxyl groups excluding tert-OH is 1. The van der Waals surface area contributed by atoms with Crippen molar-refractivity contribution < 1.29 is 14.3 Å². The Morgan fingerprint density at radius 2 is 2.08 bits per heavy atom. The van der Waals surface area contributed by atoms with Gasteiger partial charge in [-0.2, -0.15) is 0 Å². The third-order valence-corrected chi connectivity index (χ3v) is 3.61. The number of amides is 2. The van der Waals surface area contributed by atoms with Gasteiger partial charge in [-0.3, -0.25) is 4.98 Å². The molecule has 0 radical (unpaired) electrons. The van der Waals surface area contributed by atoms with Gasteiger partial charge in [-0.15, -0.1) is 0 Å². The summed E-state index contributed by atoms with van der Waals surface area (Å²) in [6.45, 7) is 1.96. The molecule has 2 amide bonds. The van der Waals surface area contributed by atoms with Crippen molar-refractivity contribution in [1.29, 1.82) is 0 Å². The second-order valence-corrected chi connectivity index (χ2v) is 5.63. The molecular weight excluding hydrogens is 309 g/mol. The second-order valence-electron chi connectivity index (χ2n) is 5.63. The van der Waals surface area contributed by atoms with Gasteiger partial charge >= 0.3 is 6.03 Å². The summed E-state index contributed by atoms with van der Waals surface area (Å²) in [5, 5.41) is 14.5. The molecule has 1 heterocycles. The molecule has 0 aliphatic heterocycles. The molecular formula is C18H22FN3O2. The van der Waals surface area contributed by atoms with Crippen molar-refractivity contribution in [2.75, 3.05) is 6.61 Å². The standard InChI is InChI=1S/C18H22FN3O2/c1-13(6-5-11-23)21-18(24)22-17(16-9-2-3-10-20-16)14-7-4-8-15(19)12-14/h2-4,7-10,12-13,17,23H,5-6,11H2,1H3,(H2,21,22,24). The first kappa shape index (κ1) is 17.9. The lowest BCUT2D eigenvalue weighted by molar-refractivity contribution is 0.232. The summed E-state index contributed by atoms with van der Waals surface area (Å²) in [6.07, 6.45) is 2.93. The largest absolute Gasteiger partial charge is 0.396 e. The molecule has 2 unspecified atom stereocenters. The van der Waals surface area contributed by atoms with Crippen LogP contribution >= 0.6 is 0 Å². The fraction of sp³-hybridized carbons (Fsp3) is 0.333. The molecule has 0 aliphatic carbocycles. The number of aliphatic hydroxyl groups is 1. The Bertz CT molecular complexity index is 652. The average molecular weight is 331 g/mol. The molecule has 0 spiro atoms. The van der Waals surface area contributed by atoms with Crippen LogP contribution in [-0.4, -0.2) is 28.8 Å². The van der Waals surface area contributed by atoms with Crippen LogP contribution in [0.5, 0.6) is 0 Å². The Labute approximate surface area is 140 Å². The number of halogens is 1. The van der Waals surface area contributed by atoms with Gasteiger partial charge in [-0.05, 0) is 49.6 Å². The highest BCUT2D eigenvalue weighted by molar-refractivity contribution is 5.75. The summed E-state index contributed by atoms with van der Waals surface area (Å²) < 4.78 is 13.6. The molecule has 0 aliphatic rings. The first-order valence-electron chi connectivity index (χ1n) is 7.94. The predicted octanol–water partition coefficient (Wildman–Crippen LogP) is 2.77. The molecule has 2 atom stereocenters. The van der Waals surface area contributed by atoms with Crippen LogP contribution < -0.4 is 10.6 Å². The van der Waals surface area contributed by atoms with Gasteiger partial charge in [0.1, 0.15) is 5.82 Å². The van der Waals surface area contributed by atoms with Crippen molar-refractivity contribution >= 4 is 6.03 Å². The van der Waals surface area contributed by atoms with Crippen molar-refractivity contribution in [3.05, 3.63) is 65.7 Å². The van der Waals surface area contributed by atoms with Crippen LogP contribution in [0.4, 0.5) is 9.18 Å². The number of nitrogens with zero attached hydrogens (tertiary/aromatic N) is 1. The smallest absolute Gasteiger partial charge is 0.315 e. The zero-order chi connectivity index (χ0) is 17.4. The van der Waals surface area contributed by atoms with Crippen molar-refractivity contribution in [3.63, 3.8) is 0 Å². The number of nitrogens with one attached hydrogen (secondary N) is 2. The van der Waals surface area contributed by atoms with E-state index in [4.69, 9.17) is 5.11 Å². The summed E-state index contributed by atoms with van der Waals surface area (Å²) in [5.74, 6) is -0.369. The molecule has 128 valence electrons. The summed E-state index contributed by atoms with van der Waals surface area (Å²) in [4.78, 5) is 16.5. The molecule has 2 aromatic rings. The van der Waals surface area contributed by atoms with E-state index in [2.05, 4.69) is 15.6 Å². The van der Waals surface area contributed by atoms with Crippen LogP contribution in [0.15, 0.2) is 48.7 Å². The fourth-order valence-electron chi connectivity index (χ4n) is 2.43. The number of pyridine rings is 1. The van der Waals surface area contributed by atoms with Crippen LogP contribution in [0.25, 0.3) is 0 Å². The van der Waals surface area contributed by atoms with Crippen LogP contribution in [-0.2, 0) is 0 Å². The predicted molar refractivity (Wildman–Crippen MR) is 89.9 cm³/mol. The van der Waals surface area contributed by atoms with E-state index in [-0.39, 0.29) is 24.5 Å². The molecule has 3 N–H and O–H groups in total. The number of carbonyl (C=O) groups is 1. The van der Waals surface area contributed by atoms with Crippen LogP contribution in [0.3, 0.4) is 0 Å². The lowest BCUT2D eigenvalue weighted by Crippen LogP contribution is -2.42. The zero-order valence-corrected chi connectivity index (χ0v) is 13.6. The highest BCUT2D eigenvalue weighted by atomic mass is 19.1. The number of aromatic nitrogens is 1. The first-order valence-corrected chi connectivity index (χ1v) is 7.94. The zero-order valence-electron chi connectivity index (χ0n) is 13.6. The minimum atomic E-state index is -0.549. The fourth-order valence-corrected chi connectivity index (χ4v) is 2.43. The van der Waals surface area contributed by atoms with Crippen molar-refractivity contribution in [2.24, 2.45) is 0 Å². The molecule has 0 saturated heterocycles. The van der Waals surface area contributed by atoms with Gasteiger partial charge in [0.05, 0.1) is 11.7 Å². The Hall–Kier alpha value is -2.47. The SMILES string of the molecule is CC(CCCO)NC(=O)NC(c1cccc(F)c1)c1ccccn1. The summed E-state index contributed by atoms with van der Waals surface area (Å²) >= 11 is 0. The lowest BCUT2D eigenvalue weighted by Gasteiger charge is -2.21. The van der Waals surface area contributed by atoms with Gasteiger partial charge in [0.25, 0.3) is 0 Å². The quantitative estimate of drug-likeness (QED) is 0.730. The van der Waals surface area contributed by atoms with E-state index < -0.39 is 6.04 Å². The Balaban J connectivity index is 2.14. The molecule has 0 fully saturated rings. The number of rotatable bonds is 7. The van der Waals surface area contributed by atoms with Gasteiger partial charge < -0.3 is 15.7 Å². The molecule has 24 heavy (non-hydrogen) atoms. The number of hydrogen-bond donors (Lipinski definition) is 3. The van der Waals surface area contributed by atoms with Crippen LogP contribution in [0, 0.1) is 5.82 Å². The summed E-state index contributed by atoms with van der Waals surface area (Å²) in [6, 6.07) is 10.5. The number of benzene rings is 1. The molecule has 0 saturated carbocycles. The third kappa shape index (κ3) is 5.31. The minimum absolute atomic E-state index is 0.0750. The normalized spacial score (nSPS) is 13.1. The Morgan fingerprint density at radius 3 is 2.75 bits per heavy atom. The lowest BCUT2D eigenvalue weighted by atomic mass is 10.0. The maximum atomic E-state index is 13.6. The highest BCUT2D eigenvalue weighted by Gasteiger charge is 2.19. The molecule has 5 nitrogen and oxygen atoms in total. The Morgan fingerprint density at radius 1 is 1.25 bits per heavy atom. The molecule has 2 rings (SSSR count). The van der Waals surface area contributed by atoms with Crippen molar-refractivity contribution in [3.8, 4) is 0 Å². The van der Waals surface area contributed by atoms with E-state index in [1.54, 1.807) is 30.5 Å². The Kier molecular flexibility index (Phi) is 6.69. The second kappa shape index (κ2) is 8.98. The van der Waals surface area contributed by atoms with E-state index in [0.29, 0.717) is 24.1 Å². The maximum absolute atomic E-state index is 13.6. The third-order valence-electron chi connectivity index (χ3n) is 3.61. The van der Waals surface area contributed by atoms with Crippen molar-refractivity contribution in [2.45, 2.75) is 31.8 Å².